The minimum atomic E-state index is -0.238. The van der Waals surface area contributed by atoms with Crippen LogP contribution in [-0.2, 0) is 0 Å². The summed E-state index contributed by atoms with van der Waals surface area (Å²) in [7, 11) is 0. The molecule has 0 heterocycles. The number of aliphatic hydroxyl groups excluding tert-OH is 1. The van der Waals surface area contributed by atoms with Gasteiger partial charge in [0.25, 0.3) is 0 Å². The molecule has 0 radical (unpaired) electrons. The van der Waals surface area contributed by atoms with Crippen molar-refractivity contribution < 1.29 is 5.11 Å². The summed E-state index contributed by atoms with van der Waals surface area (Å²) in [4.78, 5) is 0. The van der Waals surface area contributed by atoms with Crippen LogP contribution in [0.3, 0.4) is 0 Å². The van der Waals surface area contributed by atoms with Crippen LogP contribution < -0.4 is 0 Å². The van der Waals surface area contributed by atoms with Crippen molar-refractivity contribution in [3.8, 4) is 0 Å². The van der Waals surface area contributed by atoms with Gasteiger partial charge in [-0.25, -0.2) is 0 Å². The average molecular weight is 188 g/mol. The van der Waals surface area contributed by atoms with Gasteiger partial charge in [-0.15, -0.1) is 0 Å². The van der Waals surface area contributed by atoms with Crippen LogP contribution in [0, 0.1) is 0 Å². The standard InChI is InChI=1S/C13H16O/c1-9(14)7-12-8-11-5-3-4-6-13(11)10(12)2/h3-6,8-10,14H,7H2,1-2H3/t9-,10?/m0/s1. The van der Waals surface area contributed by atoms with Gasteiger partial charge in [0.05, 0.1) is 6.10 Å². The second-order valence-corrected chi connectivity index (χ2v) is 4.12. The molecule has 2 atom stereocenters. The molecular weight excluding hydrogens is 172 g/mol. The summed E-state index contributed by atoms with van der Waals surface area (Å²) in [6.07, 6.45) is 2.76. The highest BCUT2D eigenvalue weighted by Gasteiger charge is 2.21. The van der Waals surface area contributed by atoms with Crippen LogP contribution in [0.15, 0.2) is 29.8 Å². The molecule has 1 aliphatic rings. The van der Waals surface area contributed by atoms with Gasteiger partial charge in [-0.2, -0.15) is 0 Å². The van der Waals surface area contributed by atoms with Crippen molar-refractivity contribution in [2.75, 3.05) is 0 Å². The minimum absolute atomic E-state index is 0.238. The first kappa shape index (κ1) is 9.47. The average Bonchev–Trinajstić information content (AvgIpc) is 2.44. The van der Waals surface area contributed by atoms with E-state index in [1.165, 1.54) is 16.7 Å². The van der Waals surface area contributed by atoms with Gasteiger partial charge in [0, 0.05) is 5.92 Å². The zero-order valence-corrected chi connectivity index (χ0v) is 8.70. The highest BCUT2D eigenvalue weighted by Crippen LogP contribution is 2.37. The first-order chi connectivity index (χ1) is 6.68. The Morgan fingerprint density at radius 3 is 2.71 bits per heavy atom. The first-order valence-corrected chi connectivity index (χ1v) is 5.16. The molecule has 0 amide bonds. The van der Waals surface area contributed by atoms with E-state index < -0.39 is 0 Å². The molecule has 0 saturated heterocycles. The monoisotopic (exact) mass is 188 g/mol. The summed E-state index contributed by atoms with van der Waals surface area (Å²) in [6.45, 7) is 4.05. The number of fused-ring (bicyclic) bond motifs is 1. The van der Waals surface area contributed by atoms with Crippen LogP contribution in [0.25, 0.3) is 6.08 Å². The second kappa shape index (κ2) is 3.58. The number of benzene rings is 1. The third-order valence-electron chi connectivity index (χ3n) is 2.89. The molecule has 2 rings (SSSR count). The smallest absolute Gasteiger partial charge is 0.0549 e. The van der Waals surface area contributed by atoms with Crippen LogP contribution in [0.1, 0.15) is 37.3 Å². The van der Waals surface area contributed by atoms with E-state index in [-0.39, 0.29) is 6.10 Å². The molecule has 1 nitrogen and oxygen atoms in total. The fourth-order valence-electron chi connectivity index (χ4n) is 2.14. The number of aliphatic hydroxyl groups is 1. The second-order valence-electron chi connectivity index (χ2n) is 4.12. The SMILES string of the molecule is CC1C(C[C@H](C)O)=Cc2ccccc21. The maximum absolute atomic E-state index is 9.37. The van der Waals surface area contributed by atoms with Crippen LogP contribution >= 0.6 is 0 Å². The molecule has 0 saturated carbocycles. The van der Waals surface area contributed by atoms with E-state index in [0.29, 0.717) is 5.92 Å². The summed E-state index contributed by atoms with van der Waals surface area (Å²) < 4.78 is 0. The Labute approximate surface area is 85.1 Å². The Morgan fingerprint density at radius 2 is 2.07 bits per heavy atom. The molecule has 1 N–H and O–H groups in total. The number of hydrogen-bond donors (Lipinski definition) is 1. The van der Waals surface area contributed by atoms with Gasteiger partial charge in [-0.1, -0.05) is 42.8 Å². The van der Waals surface area contributed by atoms with Crippen LogP contribution in [0.2, 0.25) is 0 Å². The number of rotatable bonds is 2. The number of hydrogen-bond acceptors (Lipinski definition) is 1. The zero-order chi connectivity index (χ0) is 10.1. The minimum Gasteiger partial charge on any atom is -0.393 e. The predicted molar refractivity (Wildman–Crippen MR) is 59.1 cm³/mol. The van der Waals surface area contributed by atoms with Crippen molar-refractivity contribution in [2.24, 2.45) is 0 Å². The van der Waals surface area contributed by atoms with Gasteiger partial charge in [0.1, 0.15) is 0 Å². The highest BCUT2D eigenvalue weighted by atomic mass is 16.3. The fraction of sp³-hybridized carbons (Fsp3) is 0.385. The lowest BCUT2D eigenvalue weighted by molar-refractivity contribution is 0.194. The molecule has 1 aliphatic carbocycles. The van der Waals surface area contributed by atoms with E-state index in [9.17, 15) is 5.11 Å². The Kier molecular flexibility index (Phi) is 2.42. The van der Waals surface area contributed by atoms with E-state index in [1.807, 2.05) is 6.92 Å². The topological polar surface area (TPSA) is 20.2 Å². The molecule has 74 valence electrons. The van der Waals surface area contributed by atoms with Gasteiger partial charge >= 0.3 is 0 Å². The largest absolute Gasteiger partial charge is 0.393 e. The first-order valence-electron chi connectivity index (χ1n) is 5.16. The van der Waals surface area contributed by atoms with Crippen molar-refractivity contribution in [3.63, 3.8) is 0 Å². The van der Waals surface area contributed by atoms with Crippen molar-refractivity contribution >= 4 is 6.08 Å². The quantitative estimate of drug-likeness (QED) is 0.756. The van der Waals surface area contributed by atoms with E-state index >= 15 is 0 Å². The Balaban J connectivity index is 2.28. The maximum Gasteiger partial charge on any atom is 0.0549 e. The van der Waals surface area contributed by atoms with Crippen LogP contribution in [0.4, 0.5) is 0 Å². The van der Waals surface area contributed by atoms with Crippen molar-refractivity contribution in [3.05, 3.63) is 41.0 Å². The fourth-order valence-corrected chi connectivity index (χ4v) is 2.14. The Bertz CT molecular complexity index is 363. The van der Waals surface area contributed by atoms with Gasteiger partial charge < -0.3 is 5.11 Å². The lowest BCUT2D eigenvalue weighted by Crippen LogP contribution is -2.03. The third kappa shape index (κ3) is 1.60. The van der Waals surface area contributed by atoms with Gasteiger partial charge in [-0.3, -0.25) is 0 Å². The summed E-state index contributed by atoms with van der Waals surface area (Å²) >= 11 is 0. The lowest BCUT2D eigenvalue weighted by Gasteiger charge is -2.12. The van der Waals surface area contributed by atoms with E-state index in [2.05, 4.69) is 37.3 Å². The van der Waals surface area contributed by atoms with Crippen LogP contribution in [-0.4, -0.2) is 11.2 Å². The van der Waals surface area contributed by atoms with Gasteiger partial charge in [-0.05, 0) is 24.5 Å². The summed E-state index contributed by atoms with van der Waals surface area (Å²) in [5.74, 6) is 0.473. The van der Waals surface area contributed by atoms with Crippen molar-refractivity contribution in [2.45, 2.75) is 32.3 Å². The van der Waals surface area contributed by atoms with E-state index in [1.54, 1.807) is 0 Å². The molecule has 0 aromatic heterocycles. The molecule has 14 heavy (non-hydrogen) atoms. The molecule has 1 aromatic carbocycles. The summed E-state index contributed by atoms with van der Waals surface area (Å²) in [5.41, 5.74) is 4.06. The van der Waals surface area contributed by atoms with E-state index in [4.69, 9.17) is 0 Å². The summed E-state index contributed by atoms with van der Waals surface area (Å²) in [6, 6.07) is 8.45. The molecule has 0 fully saturated rings. The normalized spacial score (nSPS) is 21.6. The Morgan fingerprint density at radius 1 is 1.36 bits per heavy atom. The zero-order valence-electron chi connectivity index (χ0n) is 8.70. The maximum atomic E-state index is 9.37. The molecule has 0 bridgehead atoms. The van der Waals surface area contributed by atoms with E-state index in [0.717, 1.165) is 6.42 Å². The molecular formula is C13H16O. The van der Waals surface area contributed by atoms with Crippen molar-refractivity contribution in [1.29, 1.82) is 0 Å². The van der Waals surface area contributed by atoms with Crippen LogP contribution in [0.5, 0.6) is 0 Å². The van der Waals surface area contributed by atoms with Gasteiger partial charge in [0.15, 0.2) is 0 Å². The molecule has 0 aliphatic heterocycles. The molecule has 1 aromatic rings. The highest BCUT2D eigenvalue weighted by molar-refractivity contribution is 5.66. The van der Waals surface area contributed by atoms with Gasteiger partial charge in [0.2, 0.25) is 0 Å². The van der Waals surface area contributed by atoms with Crippen molar-refractivity contribution in [1.82, 2.24) is 0 Å². The molecule has 0 spiro atoms. The molecule has 1 heteroatoms. The lowest BCUT2D eigenvalue weighted by atomic mass is 9.95. The predicted octanol–water partition coefficient (Wildman–Crippen LogP) is 2.96. The third-order valence-corrected chi connectivity index (χ3v) is 2.89. The summed E-state index contributed by atoms with van der Waals surface area (Å²) in [5, 5.41) is 9.37. The molecule has 1 unspecified atom stereocenters. The Hall–Kier alpha value is -1.08.